The summed E-state index contributed by atoms with van der Waals surface area (Å²) in [6.45, 7) is 2.38. The number of carbonyl (C=O) groups is 1. The second-order valence-corrected chi connectivity index (χ2v) is 6.56. The molecule has 2 aromatic heterocycles. The minimum atomic E-state index is -0.248. The Morgan fingerprint density at radius 2 is 2.00 bits per heavy atom. The fourth-order valence-corrected chi connectivity index (χ4v) is 2.89. The van der Waals surface area contributed by atoms with E-state index >= 15 is 0 Å². The quantitative estimate of drug-likeness (QED) is 0.458. The van der Waals surface area contributed by atoms with Crippen LogP contribution in [0, 0.1) is 0 Å². The lowest BCUT2D eigenvalue weighted by Gasteiger charge is -2.07. The molecular weight excluding hydrogens is 392 g/mol. The first kappa shape index (κ1) is 18.8. The van der Waals surface area contributed by atoms with Crippen molar-refractivity contribution in [3.63, 3.8) is 0 Å². The summed E-state index contributed by atoms with van der Waals surface area (Å²) in [6.07, 6.45) is 1.53. The minimum Gasteiger partial charge on any atom is -0.457 e. The van der Waals surface area contributed by atoms with Crippen LogP contribution in [-0.4, -0.2) is 22.4 Å². The number of nitrogens with one attached hydrogen (secondary N) is 2. The number of aromatic nitrogens is 2. The van der Waals surface area contributed by atoms with Crippen LogP contribution < -0.4 is 15.4 Å². The normalized spacial score (nSPS) is 10.7. The highest BCUT2D eigenvalue weighted by Gasteiger charge is 2.10. The zero-order valence-electron chi connectivity index (χ0n) is 15.5. The number of anilines is 2. The Bertz CT molecular complexity index is 1180. The molecule has 0 aliphatic heterocycles. The number of benzene rings is 2. The summed E-state index contributed by atoms with van der Waals surface area (Å²) in [5, 5.41) is 6.40. The first-order valence-electron chi connectivity index (χ1n) is 8.96. The van der Waals surface area contributed by atoms with Gasteiger partial charge in [-0.1, -0.05) is 17.7 Å². The van der Waals surface area contributed by atoms with E-state index in [1.54, 1.807) is 42.5 Å². The van der Waals surface area contributed by atoms with E-state index in [4.69, 9.17) is 20.8 Å². The molecule has 0 atom stereocenters. The van der Waals surface area contributed by atoms with Gasteiger partial charge in [-0.05, 0) is 43.3 Å². The summed E-state index contributed by atoms with van der Waals surface area (Å²) >= 11 is 6.00. The van der Waals surface area contributed by atoms with Crippen LogP contribution >= 0.6 is 11.6 Å². The van der Waals surface area contributed by atoms with Crippen LogP contribution in [0.1, 0.15) is 17.4 Å². The Morgan fingerprint density at radius 3 is 2.83 bits per heavy atom. The molecule has 2 aromatic carbocycles. The summed E-state index contributed by atoms with van der Waals surface area (Å²) in [5.74, 6) is 0.816. The third kappa shape index (κ3) is 4.47. The van der Waals surface area contributed by atoms with E-state index in [0.29, 0.717) is 45.9 Å². The Balaban J connectivity index is 1.53. The summed E-state index contributed by atoms with van der Waals surface area (Å²) in [5.41, 5.74) is 2.31. The van der Waals surface area contributed by atoms with Crippen molar-refractivity contribution in [2.24, 2.45) is 0 Å². The van der Waals surface area contributed by atoms with Gasteiger partial charge in [-0.2, -0.15) is 4.98 Å². The Hall–Kier alpha value is -3.58. The monoisotopic (exact) mass is 408 g/mol. The predicted molar refractivity (Wildman–Crippen MR) is 111 cm³/mol. The molecule has 0 spiro atoms. The third-order valence-electron chi connectivity index (χ3n) is 3.97. The number of fused-ring (bicyclic) bond motifs is 1. The Labute approximate surface area is 171 Å². The molecule has 2 N–H and O–H groups in total. The number of rotatable bonds is 6. The van der Waals surface area contributed by atoms with E-state index < -0.39 is 0 Å². The lowest BCUT2D eigenvalue weighted by atomic mass is 10.3. The maximum atomic E-state index is 11.9. The molecule has 4 aromatic rings. The smallest absolute Gasteiger partial charge is 0.300 e. The van der Waals surface area contributed by atoms with Crippen molar-refractivity contribution < 1.29 is 13.9 Å². The largest absolute Gasteiger partial charge is 0.457 e. The first-order valence-corrected chi connectivity index (χ1v) is 9.34. The number of carbonyl (C=O) groups excluding carboxylic acids is 1. The van der Waals surface area contributed by atoms with Crippen molar-refractivity contribution in [3.05, 3.63) is 71.5 Å². The van der Waals surface area contributed by atoms with Crippen molar-refractivity contribution >= 4 is 40.3 Å². The van der Waals surface area contributed by atoms with Gasteiger partial charge in [-0.15, -0.1) is 0 Å². The van der Waals surface area contributed by atoms with Gasteiger partial charge in [0.15, 0.2) is 5.58 Å². The van der Waals surface area contributed by atoms with Crippen LogP contribution in [0.4, 0.5) is 11.7 Å². The van der Waals surface area contributed by atoms with E-state index in [0.717, 1.165) is 5.69 Å². The number of oxazole rings is 1. The molecule has 0 bridgehead atoms. The lowest BCUT2D eigenvalue weighted by Crippen LogP contribution is -2.23. The van der Waals surface area contributed by atoms with Gasteiger partial charge < -0.3 is 19.8 Å². The molecule has 4 rings (SSSR count). The topological polar surface area (TPSA) is 89.3 Å². The zero-order chi connectivity index (χ0) is 20.2. The van der Waals surface area contributed by atoms with E-state index in [1.807, 2.05) is 19.1 Å². The maximum absolute atomic E-state index is 11.9. The number of halogens is 1. The molecule has 2 heterocycles. The Kier molecular flexibility index (Phi) is 5.31. The molecule has 1 amide bonds. The molecule has 29 heavy (non-hydrogen) atoms. The Morgan fingerprint density at radius 1 is 1.14 bits per heavy atom. The molecule has 0 saturated heterocycles. The summed E-state index contributed by atoms with van der Waals surface area (Å²) < 4.78 is 11.6. The number of nitrogens with zero attached hydrogens (tertiary/aromatic N) is 2. The first-order chi connectivity index (χ1) is 14.1. The van der Waals surface area contributed by atoms with E-state index in [-0.39, 0.29) is 5.91 Å². The van der Waals surface area contributed by atoms with Crippen molar-refractivity contribution in [2.45, 2.75) is 6.92 Å². The molecule has 7 nitrogen and oxygen atoms in total. The zero-order valence-corrected chi connectivity index (χ0v) is 16.2. The van der Waals surface area contributed by atoms with Gasteiger partial charge >= 0.3 is 0 Å². The third-order valence-corrected chi connectivity index (χ3v) is 4.21. The fraction of sp³-hybridized carbons (Fsp3) is 0.0952. The van der Waals surface area contributed by atoms with E-state index in [2.05, 4.69) is 20.6 Å². The van der Waals surface area contributed by atoms with Gasteiger partial charge in [0.1, 0.15) is 22.7 Å². The van der Waals surface area contributed by atoms with Gasteiger partial charge in [0.25, 0.3) is 11.9 Å². The molecule has 0 fully saturated rings. The molecular formula is C21H17ClN4O3. The van der Waals surface area contributed by atoms with E-state index in [9.17, 15) is 4.79 Å². The van der Waals surface area contributed by atoms with Gasteiger partial charge in [-0.25, -0.2) is 0 Å². The predicted octanol–water partition coefficient (Wildman–Crippen LogP) is 5.16. The standard InChI is InChI=1S/C21H17ClN4O3/c1-2-23-20(27)18-12-16(8-9-24-18)28-15-6-7-19-17(11-15)26-21(29-19)25-14-5-3-4-13(22)10-14/h3-12H,2H2,1H3,(H,23,27)(H,25,26). The summed E-state index contributed by atoms with van der Waals surface area (Å²) in [4.78, 5) is 20.4. The maximum Gasteiger partial charge on any atom is 0.300 e. The van der Waals surface area contributed by atoms with Crippen LogP contribution in [-0.2, 0) is 0 Å². The highest BCUT2D eigenvalue weighted by Crippen LogP contribution is 2.28. The second-order valence-electron chi connectivity index (χ2n) is 6.12. The number of amides is 1. The number of pyridine rings is 1. The van der Waals surface area contributed by atoms with Crippen LogP contribution in [0.25, 0.3) is 11.1 Å². The molecule has 0 saturated carbocycles. The van der Waals surface area contributed by atoms with Crippen molar-refractivity contribution in [1.29, 1.82) is 0 Å². The minimum absolute atomic E-state index is 0.248. The molecule has 0 radical (unpaired) electrons. The molecule has 0 unspecified atom stereocenters. The second kappa shape index (κ2) is 8.20. The molecule has 0 aliphatic carbocycles. The SMILES string of the molecule is CCNC(=O)c1cc(Oc2ccc3oc(Nc4cccc(Cl)c4)nc3c2)ccn1. The number of hydrogen-bond donors (Lipinski definition) is 2. The van der Waals surface area contributed by atoms with Crippen molar-refractivity contribution in [2.75, 3.05) is 11.9 Å². The van der Waals surface area contributed by atoms with Crippen LogP contribution in [0.5, 0.6) is 11.5 Å². The van der Waals surface area contributed by atoms with Gasteiger partial charge in [0, 0.05) is 35.6 Å². The average Bonchev–Trinajstić information content (AvgIpc) is 3.10. The van der Waals surface area contributed by atoms with E-state index in [1.165, 1.54) is 6.20 Å². The molecule has 146 valence electrons. The summed E-state index contributed by atoms with van der Waals surface area (Å²) in [6, 6.07) is 16.2. The van der Waals surface area contributed by atoms with Crippen molar-refractivity contribution in [1.82, 2.24) is 15.3 Å². The molecule has 0 aliphatic rings. The average molecular weight is 409 g/mol. The van der Waals surface area contributed by atoms with Gasteiger partial charge in [0.05, 0.1) is 0 Å². The van der Waals surface area contributed by atoms with Crippen LogP contribution in [0.2, 0.25) is 5.02 Å². The molecule has 8 heteroatoms. The van der Waals surface area contributed by atoms with Crippen molar-refractivity contribution in [3.8, 4) is 11.5 Å². The van der Waals surface area contributed by atoms with Gasteiger partial charge in [-0.3, -0.25) is 9.78 Å². The fourth-order valence-electron chi connectivity index (χ4n) is 2.70. The summed E-state index contributed by atoms with van der Waals surface area (Å²) in [7, 11) is 0. The highest BCUT2D eigenvalue weighted by molar-refractivity contribution is 6.30. The number of ether oxygens (including phenoxy) is 1. The number of hydrogen-bond acceptors (Lipinski definition) is 6. The van der Waals surface area contributed by atoms with Crippen LogP contribution in [0.3, 0.4) is 0 Å². The lowest BCUT2D eigenvalue weighted by molar-refractivity contribution is 0.0950. The van der Waals surface area contributed by atoms with Crippen LogP contribution in [0.15, 0.2) is 65.2 Å². The van der Waals surface area contributed by atoms with Gasteiger partial charge in [0.2, 0.25) is 0 Å². The highest BCUT2D eigenvalue weighted by atomic mass is 35.5.